The first kappa shape index (κ1) is 17.1. The second-order valence-corrected chi connectivity index (χ2v) is 5.00. The SMILES string of the molecule is CCCNCC(OCCOC(C)C)c1ccccc1F. The summed E-state index contributed by atoms with van der Waals surface area (Å²) in [7, 11) is 0. The van der Waals surface area contributed by atoms with Crippen LogP contribution in [0.5, 0.6) is 0 Å². The van der Waals surface area contributed by atoms with Crippen LogP contribution in [0.1, 0.15) is 38.9 Å². The van der Waals surface area contributed by atoms with Gasteiger partial charge >= 0.3 is 0 Å². The maximum absolute atomic E-state index is 13.8. The lowest BCUT2D eigenvalue weighted by Gasteiger charge is -2.20. The highest BCUT2D eigenvalue weighted by Gasteiger charge is 2.15. The van der Waals surface area contributed by atoms with Crippen LogP contribution in [-0.2, 0) is 9.47 Å². The zero-order valence-electron chi connectivity index (χ0n) is 12.7. The molecule has 0 saturated heterocycles. The molecule has 1 atom stereocenters. The van der Waals surface area contributed by atoms with Gasteiger partial charge in [0.2, 0.25) is 0 Å². The van der Waals surface area contributed by atoms with E-state index in [0.717, 1.165) is 13.0 Å². The van der Waals surface area contributed by atoms with Gasteiger partial charge in [-0.3, -0.25) is 0 Å². The van der Waals surface area contributed by atoms with Gasteiger partial charge in [-0.2, -0.15) is 0 Å². The van der Waals surface area contributed by atoms with E-state index in [-0.39, 0.29) is 18.0 Å². The fourth-order valence-electron chi connectivity index (χ4n) is 1.88. The van der Waals surface area contributed by atoms with Crippen molar-refractivity contribution in [3.63, 3.8) is 0 Å². The standard InChI is InChI=1S/C16H26FNO2/c1-4-9-18-12-16(20-11-10-19-13(2)3)14-7-5-6-8-15(14)17/h5-8,13,16,18H,4,9-12H2,1-3H3. The third kappa shape index (κ3) is 6.46. The first-order valence-electron chi connectivity index (χ1n) is 7.33. The van der Waals surface area contributed by atoms with Gasteiger partial charge in [0.25, 0.3) is 0 Å². The molecule has 0 aliphatic carbocycles. The summed E-state index contributed by atoms with van der Waals surface area (Å²) in [5.74, 6) is -0.222. The Morgan fingerprint density at radius 3 is 2.50 bits per heavy atom. The molecule has 0 saturated carbocycles. The predicted octanol–water partition coefficient (Wildman–Crippen LogP) is 3.31. The molecule has 3 nitrogen and oxygen atoms in total. The van der Waals surface area contributed by atoms with Crippen LogP contribution in [0.25, 0.3) is 0 Å². The fraction of sp³-hybridized carbons (Fsp3) is 0.625. The summed E-state index contributed by atoms with van der Waals surface area (Å²) in [6.07, 6.45) is 0.947. The van der Waals surface area contributed by atoms with Crippen LogP contribution in [0.2, 0.25) is 0 Å². The number of benzene rings is 1. The van der Waals surface area contributed by atoms with E-state index in [1.807, 2.05) is 19.9 Å². The summed E-state index contributed by atoms with van der Waals surface area (Å²) in [5.41, 5.74) is 0.598. The Morgan fingerprint density at radius 2 is 1.85 bits per heavy atom. The lowest BCUT2D eigenvalue weighted by molar-refractivity contribution is -0.0140. The lowest BCUT2D eigenvalue weighted by Crippen LogP contribution is -2.26. The largest absolute Gasteiger partial charge is 0.376 e. The summed E-state index contributed by atoms with van der Waals surface area (Å²) in [6.45, 7) is 8.56. The van der Waals surface area contributed by atoms with Crippen molar-refractivity contribution in [1.29, 1.82) is 0 Å². The topological polar surface area (TPSA) is 30.5 Å². The second-order valence-electron chi connectivity index (χ2n) is 5.00. The normalized spacial score (nSPS) is 12.8. The number of nitrogens with one attached hydrogen (secondary N) is 1. The Hall–Kier alpha value is -0.970. The molecule has 0 aliphatic rings. The minimum atomic E-state index is -0.279. The second kappa shape index (κ2) is 9.86. The van der Waals surface area contributed by atoms with Gasteiger partial charge in [-0.1, -0.05) is 25.1 Å². The summed E-state index contributed by atoms with van der Waals surface area (Å²) < 4.78 is 25.1. The van der Waals surface area contributed by atoms with Crippen LogP contribution in [0, 0.1) is 5.82 Å². The van der Waals surface area contributed by atoms with Gasteiger partial charge in [0.15, 0.2) is 0 Å². The molecule has 1 rings (SSSR count). The minimum Gasteiger partial charge on any atom is -0.376 e. The maximum Gasteiger partial charge on any atom is 0.129 e. The van der Waals surface area contributed by atoms with Crippen LogP contribution in [0.3, 0.4) is 0 Å². The third-order valence-corrected chi connectivity index (χ3v) is 2.86. The van der Waals surface area contributed by atoms with Crippen LogP contribution >= 0.6 is 0 Å². The van der Waals surface area contributed by atoms with Crippen molar-refractivity contribution in [1.82, 2.24) is 5.32 Å². The van der Waals surface area contributed by atoms with E-state index in [4.69, 9.17) is 9.47 Å². The average molecular weight is 283 g/mol. The van der Waals surface area contributed by atoms with Gasteiger partial charge < -0.3 is 14.8 Å². The number of halogens is 1. The lowest BCUT2D eigenvalue weighted by atomic mass is 10.1. The summed E-state index contributed by atoms with van der Waals surface area (Å²) in [4.78, 5) is 0. The first-order chi connectivity index (χ1) is 9.65. The molecule has 0 heterocycles. The Morgan fingerprint density at radius 1 is 1.15 bits per heavy atom. The van der Waals surface area contributed by atoms with Gasteiger partial charge in [-0.05, 0) is 32.9 Å². The smallest absolute Gasteiger partial charge is 0.129 e. The molecule has 4 heteroatoms. The van der Waals surface area contributed by atoms with Crippen molar-refractivity contribution in [2.24, 2.45) is 0 Å². The summed E-state index contributed by atoms with van der Waals surface area (Å²) >= 11 is 0. The maximum atomic E-state index is 13.8. The molecular weight excluding hydrogens is 257 g/mol. The first-order valence-corrected chi connectivity index (χ1v) is 7.33. The van der Waals surface area contributed by atoms with Crippen molar-refractivity contribution in [3.05, 3.63) is 35.6 Å². The average Bonchev–Trinajstić information content (AvgIpc) is 2.42. The Balaban J connectivity index is 2.54. The van der Waals surface area contributed by atoms with Crippen molar-refractivity contribution in [3.8, 4) is 0 Å². The van der Waals surface area contributed by atoms with E-state index >= 15 is 0 Å². The molecule has 0 aliphatic heterocycles. The van der Waals surface area contributed by atoms with E-state index in [1.54, 1.807) is 12.1 Å². The molecule has 0 fully saturated rings. The van der Waals surface area contributed by atoms with Crippen molar-refractivity contribution < 1.29 is 13.9 Å². The molecule has 1 aromatic carbocycles. The van der Waals surface area contributed by atoms with E-state index in [2.05, 4.69) is 12.2 Å². The number of ether oxygens (including phenoxy) is 2. The zero-order chi connectivity index (χ0) is 14.8. The number of hydrogen-bond acceptors (Lipinski definition) is 3. The summed E-state index contributed by atoms with van der Waals surface area (Å²) in [6, 6.07) is 6.77. The van der Waals surface area contributed by atoms with E-state index < -0.39 is 0 Å². The minimum absolute atomic E-state index is 0.184. The van der Waals surface area contributed by atoms with Gasteiger partial charge in [0.1, 0.15) is 5.82 Å². The molecule has 1 unspecified atom stereocenters. The van der Waals surface area contributed by atoms with E-state index in [9.17, 15) is 4.39 Å². The third-order valence-electron chi connectivity index (χ3n) is 2.86. The molecule has 0 aromatic heterocycles. The van der Waals surface area contributed by atoms with E-state index in [1.165, 1.54) is 6.07 Å². The highest BCUT2D eigenvalue weighted by molar-refractivity contribution is 5.20. The van der Waals surface area contributed by atoms with Gasteiger partial charge in [0.05, 0.1) is 25.4 Å². The molecule has 0 radical (unpaired) electrons. The van der Waals surface area contributed by atoms with Crippen molar-refractivity contribution in [2.45, 2.75) is 39.4 Å². The molecule has 0 amide bonds. The number of hydrogen-bond donors (Lipinski definition) is 1. The Labute approximate surface area is 121 Å². The molecule has 20 heavy (non-hydrogen) atoms. The highest BCUT2D eigenvalue weighted by Crippen LogP contribution is 2.19. The number of rotatable bonds is 10. The molecule has 114 valence electrons. The Bertz CT molecular complexity index is 371. The van der Waals surface area contributed by atoms with Crippen LogP contribution in [-0.4, -0.2) is 32.4 Å². The molecule has 1 aromatic rings. The zero-order valence-corrected chi connectivity index (χ0v) is 12.7. The van der Waals surface area contributed by atoms with Gasteiger partial charge in [-0.25, -0.2) is 4.39 Å². The van der Waals surface area contributed by atoms with Gasteiger partial charge in [-0.15, -0.1) is 0 Å². The molecular formula is C16H26FNO2. The van der Waals surface area contributed by atoms with Crippen LogP contribution < -0.4 is 5.32 Å². The quantitative estimate of drug-likeness (QED) is 0.668. The predicted molar refractivity (Wildman–Crippen MR) is 79.3 cm³/mol. The van der Waals surface area contributed by atoms with Crippen LogP contribution in [0.4, 0.5) is 4.39 Å². The fourth-order valence-corrected chi connectivity index (χ4v) is 1.88. The van der Waals surface area contributed by atoms with Crippen LogP contribution in [0.15, 0.2) is 24.3 Å². The van der Waals surface area contributed by atoms with Gasteiger partial charge in [0, 0.05) is 12.1 Å². The van der Waals surface area contributed by atoms with Crippen molar-refractivity contribution >= 4 is 0 Å². The highest BCUT2D eigenvalue weighted by atomic mass is 19.1. The molecule has 0 spiro atoms. The van der Waals surface area contributed by atoms with E-state index in [0.29, 0.717) is 25.3 Å². The van der Waals surface area contributed by atoms with Crippen molar-refractivity contribution in [2.75, 3.05) is 26.3 Å². The molecule has 1 N–H and O–H groups in total. The monoisotopic (exact) mass is 283 g/mol. The summed E-state index contributed by atoms with van der Waals surface area (Å²) in [5, 5.41) is 3.28. The molecule has 0 bridgehead atoms. The Kier molecular flexibility index (Phi) is 8.42.